The molecule has 0 bridgehead atoms. The van der Waals surface area contributed by atoms with Crippen molar-refractivity contribution in [2.75, 3.05) is 25.6 Å². The summed E-state index contributed by atoms with van der Waals surface area (Å²) < 4.78 is 53.8. The van der Waals surface area contributed by atoms with E-state index >= 15 is 0 Å². The van der Waals surface area contributed by atoms with E-state index in [1.54, 1.807) is 6.07 Å². The Balaban J connectivity index is 1.95. The molecule has 0 spiro atoms. The van der Waals surface area contributed by atoms with Gasteiger partial charge < -0.3 is 20.5 Å². The Hall–Kier alpha value is -3.14. The fraction of sp³-hybridized carbons (Fsp3) is 0.316. The average Bonchev–Trinajstić information content (AvgIpc) is 2.78. The number of ether oxygens (including phenoxy) is 2. The molecule has 0 saturated carbocycles. The van der Waals surface area contributed by atoms with Crippen LogP contribution in [0.2, 0.25) is 0 Å². The van der Waals surface area contributed by atoms with Crippen molar-refractivity contribution in [2.45, 2.75) is 18.4 Å². The van der Waals surface area contributed by atoms with Gasteiger partial charge in [0, 0.05) is 11.3 Å². The predicted molar refractivity (Wildman–Crippen MR) is 99.9 cm³/mol. The summed E-state index contributed by atoms with van der Waals surface area (Å²) in [6.07, 6.45) is 1.36. The van der Waals surface area contributed by atoms with Crippen molar-refractivity contribution in [3.8, 4) is 5.75 Å². The molecule has 1 atom stereocenters. The van der Waals surface area contributed by atoms with Crippen molar-refractivity contribution >= 4 is 17.4 Å². The van der Waals surface area contributed by atoms with E-state index in [1.807, 2.05) is 0 Å². The van der Waals surface area contributed by atoms with Gasteiger partial charge in [0.15, 0.2) is 5.54 Å². The Labute approximate surface area is 164 Å². The highest BCUT2D eigenvalue weighted by Crippen LogP contribution is 2.44. The molecule has 0 radical (unpaired) electrons. The Morgan fingerprint density at radius 2 is 2.07 bits per heavy atom. The second-order valence-electron chi connectivity index (χ2n) is 6.60. The van der Waals surface area contributed by atoms with Crippen LogP contribution in [0.4, 0.5) is 18.9 Å². The third-order valence-corrected chi connectivity index (χ3v) is 4.57. The fourth-order valence-corrected chi connectivity index (χ4v) is 2.89. The number of nitrogens with two attached hydrogens (primary N) is 1. The number of rotatable bonds is 4. The van der Waals surface area contributed by atoms with Crippen LogP contribution >= 0.6 is 0 Å². The fourth-order valence-electron chi connectivity index (χ4n) is 2.89. The molecular formula is C19H19F3N4O3. The summed E-state index contributed by atoms with van der Waals surface area (Å²) in [5.41, 5.74) is 3.05. The third kappa shape index (κ3) is 4.02. The van der Waals surface area contributed by atoms with Gasteiger partial charge in [-0.25, -0.2) is 18.2 Å². The quantitative estimate of drug-likeness (QED) is 0.811. The third-order valence-electron chi connectivity index (χ3n) is 4.57. The Morgan fingerprint density at radius 1 is 1.31 bits per heavy atom. The minimum Gasteiger partial charge on any atom is -0.495 e. The number of amides is 1. The number of carbonyl (C=O) groups excluding carboxylic acids is 1. The highest BCUT2D eigenvalue weighted by molar-refractivity contribution is 6.02. The maximum absolute atomic E-state index is 14.7. The molecule has 1 aliphatic rings. The molecule has 154 valence electrons. The summed E-state index contributed by atoms with van der Waals surface area (Å²) in [6, 6.07) is 6.31. The monoisotopic (exact) mass is 408 g/mol. The average molecular weight is 408 g/mol. The highest BCUT2D eigenvalue weighted by atomic mass is 19.3. The van der Waals surface area contributed by atoms with Crippen LogP contribution in [0.3, 0.4) is 0 Å². The number of nitrogens with zero attached hydrogens (tertiary/aromatic N) is 2. The number of benzene rings is 1. The number of amidine groups is 1. The first kappa shape index (κ1) is 20.6. The lowest BCUT2D eigenvalue weighted by atomic mass is 9.85. The van der Waals surface area contributed by atoms with Crippen molar-refractivity contribution in [1.29, 1.82) is 0 Å². The smallest absolute Gasteiger partial charge is 0.299 e. The van der Waals surface area contributed by atoms with Crippen molar-refractivity contribution in [1.82, 2.24) is 4.98 Å². The van der Waals surface area contributed by atoms with Gasteiger partial charge in [-0.3, -0.25) is 9.79 Å². The lowest BCUT2D eigenvalue weighted by Crippen LogP contribution is -2.45. The van der Waals surface area contributed by atoms with Gasteiger partial charge in [0.25, 0.3) is 11.8 Å². The summed E-state index contributed by atoms with van der Waals surface area (Å²) in [5.74, 6) is -4.76. The standard InChI is InChI=1S/C19H19F3N4O3/c1-18(19(21,22)10-29-9-16(23)26-18)13-7-11(3-5-14(13)20)25-17(27)15-6-4-12(28-2)8-24-15/h3-8H,9-10H2,1-2H3,(H2,23,26)(H,25,27)/t18-/m1/s1. The van der Waals surface area contributed by atoms with Crippen molar-refractivity contribution in [2.24, 2.45) is 10.7 Å². The van der Waals surface area contributed by atoms with Gasteiger partial charge in [-0.2, -0.15) is 0 Å². The summed E-state index contributed by atoms with van der Waals surface area (Å²) in [4.78, 5) is 20.2. The summed E-state index contributed by atoms with van der Waals surface area (Å²) in [5, 5.41) is 2.51. The van der Waals surface area contributed by atoms with Crippen LogP contribution in [0, 0.1) is 5.82 Å². The maximum atomic E-state index is 14.7. The first-order chi connectivity index (χ1) is 13.7. The second-order valence-corrected chi connectivity index (χ2v) is 6.60. The number of methoxy groups -OCH3 is 1. The molecule has 2 heterocycles. The van der Waals surface area contributed by atoms with E-state index in [1.165, 1.54) is 25.4 Å². The molecule has 1 aliphatic heterocycles. The molecule has 3 N–H and O–H groups in total. The molecule has 1 aromatic heterocycles. The van der Waals surface area contributed by atoms with Crippen LogP contribution in [-0.2, 0) is 10.3 Å². The number of aliphatic imine (C=N–C) groups is 1. The van der Waals surface area contributed by atoms with Gasteiger partial charge in [-0.05, 0) is 37.3 Å². The van der Waals surface area contributed by atoms with Crippen LogP contribution < -0.4 is 15.8 Å². The number of hydrogen-bond acceptors (Lipinski definition) is 6. The van der Waals surface area contributed by atoms with Crippen LogP contribution in [0.25, 0.3) is 0 Å². The number of hydrogen-bond donors (Lipinski definition) is 2. The van der Waals surface area contributed by atoms with E-state index in [0.717, 1.165) is 19.1 Å². The Kier molecular flexibility index (Phi) is 5.47. The first-order valence-electron chi connectivity index (χ1n) is 8.57. The molecule has 7 nitrogen and oxygen atoms in total. The summed E-state index contributed by atoms with van der Waals surface area (Å²) >= 11 is 0. The van der Waals surface area contributed by atoms with E-state index in [0.29, 0.717) is 5.75 Å². The molecule has 1 aromatic carbocycles. The van der Waals surface area contributed by atoms with Gasteiger partial charge in [-0.15, -0.1) is 0 Å². The van der Waals surface area contributed by atoms with E-state index in [4.69, 9.17) is 15.2 Å². The number of nitrogens with one attached hydrogen (secondary N) is 1. The highest BCUT2D eigenvalue weighted by Gasteiger charge is 2.54. The van der Waals surface area contributed by atoms with E-state index in [2.05, 4.69) is 15.3 Å². The molecule has 2 aromatic rings. The normalized spacial score (nSPS) is 21.1. The summed E-state index contributed by atoms with van der Waals surface area (Å²) in [6.45, 7) is -0.185. The molecule has 0 fully saturated rings. The van der Waals surface area contributed by atoms with Crippen LogP contribution in [-0.4, -0.2) is 43.0 Å². The number of anilines is 1. The minimum absolute atomic E-state index is 0.0679. The number of pyridine rings is 1. The van der Waals surface area contributed by atoms with Gasteiger partial charge in [0.05, 0.1) is 13.3 Å². The topological polar surface area (TPSA) is 98.8 Å². The number of aromatic nitrogens is 1. The van der Waals surface area contributed by atoms with E-state index < -0.39 is 35.4 Å². The number of alkyl halides is 2. The maximum Gasteiger partial charge on any atom is 0.299 e. The largest absolute Gasteiger partial charge is 0.495 e. The number of halogens is 3. The van der Waals surface area contributed by atoms with E-state index in [-0.39, 0.29) is 23.8 Å². The molecule has 0 unspecified atom stereocenters. The molecule has 0 aliphatic carbocycles. The minimum atomic E-state index is -3.53. The molecule has 0 saturated heterocycles. The molecular weight excluding hydrogens is 389 g/mol. The number of carbonyl (C=O) groups is 1. The van der Waals surface area contributed by atoms with Crippen LogP contribution in [0.1, 0.15) is 23.0 Å². The van der Waals surface area contributed by atoms with Crippen molar-refractivity contribution < 1.29 is 27.4 Å². The van der Waals surface area contributed by atoms with Crippen LogP contribution in [0.5, 0.6) is 5.75 Å². The lowest BCUT2D eigenvalue weighted by Gasteiger charge is -2.33. The van der Waals surface area contributed by atoms with Crippen molar-refractivity contribution in [3.63, 3.8) is 0 Å². The SMILES string of the molecule is COc1ccc(C(=O)Nc2ccc(F)c([C@@]3(C)N=C(N)COCC3(F)F)c2)nc1. The molecule has 29 heavy (non-hydrogen) atoms. The lowest BCUT2D eigenvalue weighted by molar-refractivity contribution is -0.116. The Bertz CT molecular complexity index is 950. The zero-order valence-electron chi connectivity index (χ0n) is 15.7. The van der Waals surface area contributed by atoms with Gasteiger partial charge in [-0.1, -0.05) is 0 Å². The molecule has 3 rings (SSSR count). The van der Waals surface area contributed by atoms with Crippen LogP contribution in [0.15, 0.2) is 41.5 Å². The van der Waals surface area contributed by atoms with Crippen molar-refractivity contribution in [3.05, 3.63) is 53.6 Å². The zero-order valence-corrected chi connectivity index (χ0v) is 15.7. The molecule has 1 amide bonds. The Morgan fingerprint density at radius 3 is 2.72 bits per heavy atom. The van der Waals surface area contributed by atoms with E-state index in [9.17, 15) is 18.0 Å². The second kappa shape index (κ2) is 7.70. The van der Waals surface area contributed by atoms with Gasteiger partial charge in [0.2, 0.25) is 0 Å². The molecule has 10 heteroatoms. The summed E-state index contributed by atoms with van der Waals surface area (Å²) in [7, 11) is 1.46. The van der Waals surface area contributed by atoms with Gasteiger partial charge >= 0.3 is 0 Å². The van der Waals surface area contributed by atoms with Gasteiger partial charge in [0.1, 0.15) is 36.3 Å². The first-order valence-corrected chi connectivity index (χ1v) is 8.57. The predicted octanol–water partition coefficient (Wildman–Crippen LogP) is 2.72. The zero-order chi connectivity index (χ0) is 21.2.